The Morgan fingerprint density at radius 1 is 1.39 bits per heavy atom. The van der Waals surface area contributed by atoms with Gasteiger partial charge in [-0.1, -0.05) is 12.1 Å². The lowest BCUT2D eigenvalue weighted by molar-refractivity contribution is -0.121. The third kappa shape index (κ3) is 3.70. The number of ether oxygens (including phenoxy) is 1. The summed E-state index contributed by atoms with van der Waals surface area (Å²) in [4.78, 5) is 16.2. The van der Waals surface area contributed by atoms with Crippen LogP contribution in [0, 0.1) is 0 Å². The number of sulfonamides is 1. The van der Waals surface area contributed by atoms with Gasteiger partial charge in [-0.05, 0) is 25.0 Å². The van der Waals surface area contributed by atoms with Crippen LogP contribution in [0.5, 0.6) is 0 Å². The molecule has 1 fully saturated rings. The van der Waals surface area contributed by atoms with Crippen molar-refractivity contribution in [1.82, 2.24) is 10.0 Å². The first-order valence-corrected chi connectivity index (χ1v) is 9.09. The summed E-state index contributed by atoms with van der Waals surface area (Å²) in [5.74, 6) is 0.187. The summed E-state index contributed by atoms with van der Waals surface area (Å²) in [6, 6.07) is 6.66. The van der Waals surface area contributed by atoms with E-state index in [1.165, 1.54) is 6.07 Å². The van der Waals surface area contributed by atoms with Gasteiger partial charge < -0.3 is 10.1 Å². The summed E-state index contributed by atoms with van der Waals surface area (Å²) in [6.45, 7) is 1.50. The Bertz CT molecular complexity index is 724. The maximum Gasteiger partial charge on any atom is 0.263 e. The quantitative estimate of drug-likeness (QED) is 0.813. The molecule has 1 aromatic rings. The monoisotopic (exact) mass is 337 g/mol. The summed E-state index contributed by atoms with van der Waals surface area (Å²) in [6.07, 6.45) is 2.33. The number of hydrogen-bond acceptors (Lipinski definition) is 5. The van der Waals surface area contributed by atoms with E-state index in [0.717, 1.165) is 19.4 Å². The molecule has 23 heavy (non-hydrogen) atoms. The van der Waals surface area contributed by atoms with Gasteiger partial charge in [0, 0.05) is 25.1 Å². The van der Waals surface area contributed by atoms with E-state index in [0.29, 0.717) is 17.9 Å². The second kappa shape index (κ2) is 6.67. The van der Waals surface area contributed by atoms with Crippen molar-refractivity contribution in [3.05, 3.63) is 29.8 Å². The molecular formula is C15H19N3O4S. The van der Waals surface area contributed by atoms with Crippen molar-refractivity contribution in [2.75, 3.05) is 19.7 Å². The van der Waals surface area contributed by atoms with Gasteiger partial charge in [0.25, 0.3) is 10.0 Å². The van der Waals surface area contributed by atoms with Gasteiger partial charge in [-0.3, -0.25) is 14.5 Å². The van der Waals surface area contributed by atoms with E-state index in [4.69, 9.17) is 4.74 Å². The van der Waals surface area contributed by atoms with Gasteiger partial charge in [-0.2, -0.15) is 0 Å². The van der Waals surface area contributed by atoms with E-state index >= 15 is 0 Å². The lowest BCUT2D eigenvalue weighted by Gasteiger charge is -2.10. The van der Waals surface area contributed by atoms with Crippen LogP contribution in [-0.4, -0.2) is 46.0 Å². The molecule has 2 aliphatic rings. The summed E-state index contributed by atoms with van der Waals surface area (Å²) < 4.78 is 31.7. The molecule has 0 saturated carbocycles. The Balaban J connectivity index is 1.53. The molecule has 3 rings (SSSR count). The Hall–Kier alpha value is -1.93. The molecule has 2 heterocycles. The van der Waals surface area contributed by atoms with Crippen LogP contribution in [0.25, 0.3) is 0 Å². The van der Waals surface area contributed by atoms with Gasteiger partial charge >= 0.3 is 0 Å². The number of hydrogen-bond donors (Lipinski definition) is 2. The molecule has 124 valence electrons. The minimum atomic E-state index is -3.52. The zero-order chi connectivity index (χ0) is 16.3. The molecule has 0 spiro atoms. The predicted molar refractivity (Wildman–Crippen MR) is 84.8 cm³/mol. The molecule has 0 aliphatic carbocycles. The van der Waals surface area contributed by atoms with Crippen LogP contribution in [0.2, 0.25) is 0 Å². The van der Waals surface area contributed by atoms with Crippen molar-refractivity contribution in [1.29, 1.82) is 0 Å². The SMILES string of the molecule is O=C(CCN=C1NS(=O)(=O)c2ccccc21)NCC1CCCO1. The number of amides is 1. The van der Waals surface area contributed by atoms with Crippen LogP contribution in [-0.2, 0) is 19.6 Å². The first kappa shape index (κ1) is 15.9. The van der Waals surface area contributed by atoms with Crippen LogP contribution in [0.3, 0.4) is 0 Å². The lowest BCUT2D eigenvalue weighted by atomic mass is 10.2. The molecular weight excluding hydrogens is 318 g/mol. The first-order chi connectivity index (χ1) is 11.1. The van der Waals surface area contributed by atoms with Gasteiger partial charge in [0.05, 0.1) is 17.5 Å². The molecule has 1 aromatic carbocycles. The van der Waals surface area contributed by atoms with E-state index in [1.807, 2.05) is 0 Å². The van der Waals surface area contributed by atoms with Gasteiger partial charge in [0.2, 0.25) is 5.91 Å². The fourth-order valence-corrected chi connectivity index (χ4v) is 3.89. The average molecular weight is 337 g/mol. The Kier molecular flexibility index (Phi) is 4.63. The van der Waals surface area contributed by atoms with E-state index < -0.39 is 10.0 Å². The number of fused-ring (bicyclic) bond motifs is 1. The summed E-state index contributed by atoms with van der Waals surface area (Å²) in [7, 11) is -3.52. The number of carbonyl (C=O) groups is 1. The zero-order valence-electron chi connectivity index (χ0n) is 12.6. The number of rotatable bonds is 5. The number of carbonyl (C=O) groups excluding carboxylic acids is 1. The predicted octanol–water partition coefficient (Wildman–Crippen LogP) is 0.410. The molecule has 1 unspecified atom stereocenters. The van der Waals surface area contributed by atoms with Crippen LogP contribution >= 0.6 is 0 Å². The second-order valence-electron chi connectivity index (χ2n) is 5.52. The van der Waals surface area contributed by atoms with Crippen molar-refractivity contribution in [2.24, 2.45) is 4.99 Å². The standard InChI is InChI=1S/C15H19N3O4S/c19-14(17-10-11-4-3-9-22-11)7-8-16-15-12-5-1-2-6-13(12)23(20,21)18-15/h1-2,5-6,11H,3-4,7-10H2,(H,16,18)(H,17,19). The molecule has 0 aromatic heterocycles. The molecule has 0 radical (unpaired) electrons. The molecule has 1 atom stereocenters. The Labute approximate surface area is 135 Å². The van der Waals surface area contributed by atoms with Crippen molar-refractivity contribution in [3.63, 3.8) is 0 Å². The second-order valence-corrected chi connectivity index (χ2v) is 7.17. The fraction of sp³-hybridized carbons (Fsp3) is 0.467. The normalized spacial score (nSPS) is 23.5. The van der Waals surface area contributed by atoms with Gasteiger partial charge in [-0.15, -0.1) is 0 Å². The highest BCUT2D eigenvalue weighted by atomic mass is 32.2. The third-order valence-electron chi connectivity index (χ3n) is 3.82. The van der Waals surface area contributed by atoms with Crippen molar-refractivity contribution in [2.45, 2.75) is 30.3 Å². The average Bonchev–Trinajstić information content (AvgIpc) is 3.13. The van der Waals surface area contributed by atoms with E-state index in [2.05, 4.69) is 15.0 Å². The van der Waals surface area contributed by atoms with Crippen LogP contribution in [0.1, 0.15) is 24.8 Å². The van der Waals surface area contributed by atoms with Gasteiger partial charge in [0.15, 0.2) is 0 Å². The molecule has 0 bridgehead atoms. The molecule has 2 N–H and O–H groups in total. The van der Waals surface area contributed by atoms with Crippen LogP contribution < -0.4 is 10.0 Å². The molecule has 8 heteroatoms. The Morgan fingerprint density at radius 2 is 2.22 bits per heavy atom. The number of amidine groups is 1. The van der Waals surface area contributed by atoms with Crippen molar-refractivity contribution in [3.8, 4) is 0 Å². The van der Waals surface area contributed by atoms with E-state index in [-0.39, 0.29) is 29.9 Å². The van der Waals surface area contributed by atoms with Gasteiger partial charge in [0.1, 0.15) is 5.84 Å². The van der Waals surface area contributed by atoms with E-state index in [1.54, 1.807) is 18.2 Å². The first-order valence-electron chi connectivity index (χ1n) is 7.61. The largest absolute Gasteiger partial charge is 0.376 e. The lowest BCUT2D eigenvalue weighted by Crippen LogP contribution is -2.32. The van der Waals surface area contributed by atoms with Gasteiger partial charge in [-0.25, -0.2) is 8.42 Å². The molecule has 1 saturated heterocycles. The summed E-state index contributed by atoms with van der Waals surface area (Å²) >= 11 is 0. The summed E-state index contributed by atoms with van der Waals surface area (Å²) in [5, 5.41) is 2.81. The van der Waals surface area contributed by atoms with Crippen molar-refractivity contribution >= 4 is 21.8 Å². The number of nitrogens with one attached hydrogen (secondary N) is 2. The highest BCUT2D eigenvalue weighted by Gasteiger charge is 2.29. The van der Waals surface area contributed by atoms with Crippen LogP contribution in [0.15, 0.2) is 34.2 Å². The highest BCUT2D eigenvalue weighted by molar-refractivity contribution is 7.90. The minimum Gasteiger partial charge on any atom is -0.376 e. The smallest absolute Gasteiger partial charge is 0.263 e. The number of aliphatic imine (C=N–C) groups is 1. The van der Waals surface area contributed by atoms with E-state index in [9.17, 15) is 13.2 Å². The number of nitrogens with zero attached hydrogens (tertiary/aromatic N) is 1. The molecule has 1 amide bonds. The highest BCUT2D eigenvalue weighted by Crippen LogP contribution is 2.22. The Morgan fingerprint density at radius 3 is 3.00 bits per heavy atom. The van der Waals surface area contributed by atoms with Crippen molar-refractivity contribution < 1.29 is 17.9 Å². The maximum absolute atomic E-state index is 11.9. The fourth-order valence-electron chi connectivity index (χ4n) is 2.64. The maximum atomic E-state index is 11.9. The number of benzene rings is 1. The third-order valence-corrected chi connectivity index (χ3v) is 5.22. The van der Waals surface area contributed by atoms with Crippen LogP contribution in [0.4, 0.5) is 0 Å². The molecule has 7 nitrogen and oxygen atoms in total. The topological polar surface area (TPSA) is 96.9 Å². The molecule has 2 aliphatic heterocycles. The minimum absolute atomic E-state index is 0.110. The summed E-state index contributed by atoms with van der Waals surface area (Å²) in [5.41, 5.74) is 0.548. The zero-order valence-corrected chi connectivity index (χ0v) is 13.4.